The molecule has 3 aliphatic rings. The highest BCUT2D eigenvalue weighted by atomic mass is 16.6. The molecular formula is C20H36B2O4. The first-order valence-corrected chi connectivity index (χ1v) is 10.4. The molecule has 0 saturated carbocycles. The Hall–Kier alpha value is -0.290. The molecule has 0 amide bonds. The summed E-state index contributed by atoms with van der Waals surface area (Å²) in [4.78, 5) is 0. The number of rotatable bonds is 0. The van der Waals surface area contributed by atoms with Crippen molar-refractivity contribution in [3.05, 3.63) is 12.2 Å². The van der Waals surface area contributed by atoms with Gasteiger partial charge in [-0.2, -0.15) is 0 Å². The maximum atomic E-state index is 6.36. The van der Waals surface area contributed by atoms with E-state index in [4.69, 9.17) is 18.6 Å². The van der Waals surface area contributed by atoms with E-state index in [1.165, 1.54) is 0 Å². The molecule has 0 N–H and O–H groups in total. The van der Waals surface area contributed by atoms with Crippen LogP contribution in [0.2, 0.25) is 12.6 Å². The van der Waals surface area contributed by atoms with Crippen LogP contribution >= 0.6 is 0 Å². The third-order valence-corrected chi connectivity index (χ3v) is 6.21. The minimum atomic E-state index is -0.127. The summed E-state index contributed by atoms with van der Waals surface area (Å²) in [5, 5.41) is 0. The first-order chi connectivity index (χ1) is 12.1. The molecule has 26 heavy (non-hydrogen) atoms. The standard InChI is InChI=1S/C20H36B2O4/c1-19(2,3)15-13-23-21-12-8-10-18-16(20(4,5)6)14-24-22(26-18)11-7-9-17(15)25-21/h7,9,15-18H,8,10-14H2,1-6H3/b9-7+. The Morgan fingerprint density at radius 3 is 2.19 bits per heavy atom. The van der Waals surface area contributed by atoms with Gasteiger partial charge in [0, 0.05) is 37.5 Å². The van der Waals surface area contributed by atoms with Gasteiger partial charge in [-0.1, -0.05) is 60.1 Å². The number of hydrogen-bond acceptors (Lipinski definition) is 4. The molecule has 6 heteroatoms. The van der Waals surface area contributed by atoms with Gasteiger partial charge in [-0.3, -0.25) is 0 Å². The van der Waals surface area contributed by atoms with Gasteiger partial charge < -0.3 is 18.6 Å². The van der Waals surface area contributed by atoms with Gasteiger partial charge in [-0.05, 0) is 23.6 Å². The molecular weight excluding hydrogens is 326 g/mol. The zero-order chi connectivity index (χ0) is 18.9. The smallest absolute Gasteiger partial charge is 0.411 e. The molecule has 0 aromatic heterocycles. The van der Waals surface area contributed by atoms with Gasteiger partial charge in [0.05, 0.1) is 6.10 Å². The van der Waals surface area contributed by atoms with Crippen LogP contribution in [0.3, 0.4) is 0 Å². The fourth-order valence-corrected chi connectivity index (χ4v) is 4.35. The summed E-state index contributed by atoms with van der Waals surface area (Å²) in [7, 11) is -0.218. The van der Waals surface area contributed by atoms with Crippen LogP contribution in [0.15, 0.2) is 12.2 Å². The monoisotopic (exact) mass is 362 g/mol. The van der Waals surface area contributed by atoms with Crippen molar-refractivity contribution in [1.29, 1.82) is 0 Å². The van der Waals surface area contributed by atoms with E-state index >= 15 is 0 Å². The average Bonchev–Trinajstić information content (AvgIpc) is 2.52. The quantitative estimate of drug-likeness (QED) is 0.471. The van der Waals surface area contributed by atoms with Crippen molar-refractivity contribution in [1.82, 2.24) is 0 Å². The van der Waals surface area contributed by atoms with E-state index in [0.717, 1.165) is 38.7 Å². The lowest BCUT2D eigenvalue weighted by molar-refractivity contribution is -0.0401. The summed E-state index contributed by atoms with van der Waals surface area (Å²) in [5.74, 6) is 0.793. The lowest BCUT2D eigenvalue weighted by Gasteiger charge is -2.43. The molecule has 2 saturated heterocycles. The molecule has 4 unspecified atom stereocenters. The van der Waals surface area contributed by atoms with Gasteiger partial charge in [0.25, 0.3) is 0 Å². The number of fused-ring (bicyclic) bond motifs is 4. The molecule has 3 heterocycles. The summed E-state index contributed by atoms with van der Waals surface area (Å²) in [6, 6.07) is 0. The fraction of sp³-hybridized carbons (Fsp3) is 0.900. The summed E-state index contributed by atoms with van der Waals surface area (Å²) in [6.45, 7) is 15.2. The highest BCUT2D eigenvalue weighted by molar-refractivity contribution is 6.45. The number of hydrogen-bond donors (Lipinski definition) is 0. The molecule has 0 aromatic rings. The first-order valence-electron chi connectivity index (χ1n) is 10.4. The van der Waals surface area contributed by atoms with E-state index in [1.54, 1.807) is 0 Å². The molecule has 146 valence electrons. The van der Waals surface area contributed by atoms with Gasteiger partial charge >= 0.3 is 14.2 Å². The van der Waals surface area contributed by atoms with Crippen molar-refractivity contribution in [2.75, 3.05) is 13.2 Å². The third-order valence-electron chi connectivity index (χ3n) is 6.21. The van der Waals surface area contributed by atoms with Crippen molar-refractivity contribution < 1.29 is 18.6 Å². The van der Waals surface area contributed by atoms with Crippen molar-refractivity contribution in [2.24, 2.45) is 22.7 Å². The molecule has 4 bridgehead atoms. The van der Waals surface area contributed by atoms with E-state index in [9.17, 15) is 0 Å². The molecule has 0 radical (unpaired) electrons. The SMILES string of the molecule is CC(C)(C)C1COB2CCCC3OB(C/C=C/C1O2)OCC3C(C)(C)C. The van der Waals surface area contributed by atoms with E-state index in [1.807, 2.05) is 0 Å². The Bertz CT molecular complexity index is 497. The molecule has 2 fully saturated rings. The van der Waals surface area contributed by atoms with Crippen molar-refractivity contribution in [2.45, 2.75) is 79.2 Å². The molecule has 4 atom stereocenters. The zero-order valence-corrected chi connectivity index (χ0v) is 17.5. The predicted octanol–water partition coefficient (Wildman–Crippen LogP) is 4.47. The van der Waals surface area contributed by atoms with Crippen LogP contribution < -0.4 is 0 Å². The van der Waals surface area contributed by atoms with Crippen molar-refractivity contribution in [3.63, 3.8) is 0 Å². The Kier molecular flexibility index (Phi) is 6.28. The average molecular weight is 362 g/mol. The lowest BCUT2D eigenvalue weighted by Crippen LogP contribution is -2.49. The van der Waals surface area contributed by atoms with Crippen molar-refractivity contribution >= 4 is 14.2 Å². The predicted molar refractivity (Wildman–Crippen MR) is 107 cm³/mol. The summed E-state index contributed by atoms with van der Waals surface area (Å²) >= 11 is 0. The second kappa shape index (κ2) is 7.98. The van der Waals surface area contributed by atoms with Crippen LogP contribution in [0.25, 0.3) is 0 Å². The Morgan fingerprint density at radius 2 is 1.50 bits per heavy atom. The molecule has 3 aliphatic heterocycles. The second-order valence-electron chi connectivity index (χ2n) is 10.3. The lowest BCUT2D eigenvalue weighted by atomic mass is 9.69. The van der Waals surface area contributed by atoms with E-state index < -0.39 is 0 Å². The summed E-state index contributed by atoms with van der Waals surface area (Å²) < 4.78 is 24.8. The normalized spacial score (nSPS) is 35.5. The maximum Gasteiger partial charge on any atom is 0.461 e. The van der Waals surface area contributed by atoms with Crippen LogP contribution in [0.1, 0.15) is 54.4 Å². The maximum absolute atomic E-state index is 6.36. The number of allylic oxidation sites excluding steroid dienone is 1. The van der Waals surface area contributed by atoms with Crippen LogP contribution in [-0.4, -0.2) is 39.7 Å². The topological polar surface area (TPSA) is 36.9 Å². The minimum Gasteiger partial charge on any atom is -0.411 e. The van der Waals surface area contributed by atoms with E-state index in [0.29, 0.717) is 11.8 Å². The molecule has 0 spiro atoms. The Balaban J connectivity index is 1.73. The highest BCUT2D eigenvalue weighted by Gasteiger charge is 2.42. The summed E-state index contributed by atoms with van der Waals surface area (Å²) in [6.07, 6.45) is 8.59. The van der Waals surface area contributed by atoms with Crippen LogP contribution in [-0.2, 0) is 18.6 Å². The van der Waals surface area contributed by atoms with Gasteiger partial charge in [0.1, 0.15) is 0 Å². The minimum absolute atomic E-state index is 0.0913. The third kappa shape index (κ3) is 4.95. The molecule has 0 aliphatic carbocycles. The van der Waals surface area contributed by atoms with E-state index in [2.05, 4.69) is 53.7 Å². The van der Waals surface area contributed by atoms with Gasteiger partial charge in [0.15, 0.2) is 0 Å². The van der Waals surface area contributed by atoms with Gasteiger partial charge in [-0.15, -0.1) is 0 Å². The van der Waals surface area contributed by atoms with Crippen LogP contribution in [0.5, 0.6) is 0 Å². The zero-order valence-electron chi connectivity index (χ0n) is 17.5. The van der Waals surface area contributed by atoms with Crippen LogP contribution in [0.4, 0.5) is 0 Å². The summed E-state index contributed by atoms with van der Waals surface area (Å²) in [5.41, 5.74) is 0.339. The van der Waals surface area contributed by atoms with E-state index in [-0.39, 0.29) is 37.3 Å². The van der Waals surface area contributed by atoms with Crippen LogP contribution in [0, 0.1) is 22.7 Å². The molecule has 0 aromatic carbocycles. The van der Waals surface area contributed by atoms with Crippen molar-refractivity contribution in [3.8, 4) is 0 Å². The highest BCUT2D eigenvalue weighted by Crippen LogP contribution is 2.38. The Morgan fingerprint density at radius 1 is 0.846 bits per heavy atom. The van der Waals surface area contributed by atoms with Gasteiger partial charge in [0.2, 0.25) is 0 Å². The molecule has 4 nitrogen and oxygen atoms in total. The Labute approximate surface area is 160 Å². The first kappa shape index (κ1) is 20.4. The van der Waals surface area contributed by atoms with Gasteiger partial charge in [-0.25, -0.2) is 0 Å². The fourth-order valence-electron chi connectivity index (χ4n) is 4.35. The molecule has 3 rings (SSSR count). The second-order valence-corrected chi connectivity index (χ2v) is 10.3. The largest absolute Gasteiger partial charge is 0.461 e.